The minimum Gasteiger partial charge on any atom is -0.469 e. The maximum absolute atomic E-state index is 9.59. The number of benzene rings is 1. The fourth-order valence-corrected chi connectivity index (χ4v) is 1.75. The Hall–Kier alpha value is -1.35. The highest BCUT2D eigenvalue weighted by atomic mass is 16.5. The van der Waals surface area contributed by atoms with E-state index in [0.29, 0.717) is 11.3 Å². The predicted octanol–water partition coefficient (Wildman–Crippen LogP) is 3.73. The molecule has 0 heterocycles. The van der Waals surface area contributed by atoms with Gasteiger partial charge in [-0.25, -0.2) is 0 Å². The molecule has 0 radical (unpaired) electrons. The van der Waals surface area contributed by atoms with Crippen molar-refractivity contribution in [2.24, 2.45) is 11.1 Å². The van der Waals surface area contributed by atoms with E-state index >= 15 is 0 Å². The van der Waals surface area contributed by atoms with Crippen LogP contribution in [0.2, 0.25) is 0 Å². The zero-order valence-corrected chi connectivity index (χ0v) is 13.5. The summed E-state index contributed by atoms with van der Waals surface area (Å²) in [5.41, 5.74) is 7.62. The van der Waals surface area contributed by atoms with Crippen molar-refractivity contribution in [3.05, 3.63) is 35.9 Å². The van der Waals surface area contributed by atoms with Gasteiger partial charge in [-0.2, -0.15) is 0 Å². The molecule has 0 aliphatic carbocycles. The minimum absolute atomic E-state index is 0.245. The molecule has 0 fully saturated rings. The number of ether oxygens (including phenoxy) is 1. The SMILES string of the molecule is CC(C)(C)CCC(CN)c1ccccc1.COC(C)=O. The Morgan fingerprint density at radius 2 is 1.75 bits per heavy atom. The maximum Gasteiger partial charge on any atom is 0.302 e. The summed E-state index contributed by atoms with van der Waals surface area (Å²) in [6.45, 7) is 8.96. The number of methoxy groups -OCH3 is 1. The van der Waals surface area contributed by atoms with Gasteiger partial charge < -0.3 is 10.5 Å². The van der Waals surface area contributed by atoms with Crippen LogP contribution in [0.1, 0.15) is 52.0 Å². The molecule has 0 aliphatic heterocycles. The molecule has 0 bridgehead atoms. The summed E-state index contributed by atoms with van der Waals surface area (Å²) in [6.07, 6.45) is 2.41. The number of hydrogen-bond acceptors (Lipinski definition) is 3. The molecule has 20 heavy (non-hydrogen) atoms. The van der Waals surface area contributed by atoms with Crippen LogP contribution < -0.4 is 5.73 Å². The Balaban J connectivity index is 0.000000621. The van der Waals surface area contributed by atoms with Gasteiger partial charge in [0.15, 0.2) is 0 Å². The van der Waals surface area contributed by atoms with Crippen LogP contribution in [-0.2, 0) is 9.53 Å². The maximum atomic E-state index is 9.59. The van der Waals surface area contributed by atoms with Crippen LogP contribution in [0.25, 0.3) is 0 Å². The van der Waals surface area contributed by atoms with E-state index < -0.39 is 0 Å². The largest absolute Gasteiger partial charge is 0.469 e. The molecule has 0 saturated heterocycles. The molecule has 0 saturated carbocycles. The highest BCUT2D eigenvalue weighted by Crippen LogP contribution is 2.28. The molecule has 3 heteroatoms. The van der Waals surface area contributed by atoms with Gasteiger partial charge in [0.25, 0.3) is 0 Å². The molecular weight excluding hydrogens is 250 g/mol. The summed E-state index contributed by atoms with van der Waals surface area (Å²) < 4.78 is 4.11. The van der Waals surface area contributed by atoms with Gasteiger partial charge >= 0.3 is 5.97 Å². The van der Waals surface area contributed by atoms with E-state index in [-0.39, 0.29) is 5.97 Å². The number of hydrogen-bond donors (Lipinski definition) is 1. The summed E-state index contributed by atoms with van der Waals surface area (Å²) >= 11 is 0. The molecule has 1 aromatic rings. The van der Waals surface area contributed by atoms with Crippen LogP contribution in [0, 0.1) is 5.41 Å². The smallest absolute Gasteiger partial charge is 0.302 e. The second kappa shape index (κ2) is 9.54. The van der Waals surface area contributed by atoms with Gasteiger partial charge in [-0.05, 0) is 36.3 Å². The lowest BCUT2D eigenvalue weighted by atomic mass is 9.84. The monoisotopic (exact) mass is 279 g/mol. The standard InChI is InChI=1S/C14H23N.C3H6O2/c1-14(2,3)10-9-13(11-15)12-7-5-4-6-8-12;1-3(4)5-2/h4-8,13H,9-11,15H2,1-3H3;1-2H3. The van der Waals surface area contributed by atoms with E-state index in [1.54, 1.807) is 0 Å². The predicted molar refractivity (Wildman–Crippen MR) is 84.6 cm³/mol. The lowest BCUT2D eigenvalue weighted by Crippen LogP contribution is -2.15. The van der Waals surface area contributed by atoms with E-state index in [1.807, 2.05) is 0 Å². The first-order valence-electron chi connectivity index (χ1n) is 7.09. The van der Waals surface area contributed by atoms with E-state index in [2.05, 4.69) is 55.8 Å². The van der Waals surface area contributed by atoms with Crippen molar-refractivity contribution in [2.45, 2.75) is 46.5 Å². The summed E-state index contributed by atoms with van der Waals surface area (Å²) in [6, 6.07) is 10.6. The Bertz CT molecular complexity index is 368. The fraction of sp³-hybridized carbons (Fsp3) is 0.588. The van der Waals surface area contributed by atoms with Crippen molar-refractivity contribution in [2.75, 3.05) is 13.7 Å². The van der Waals surface area contributed by atoms with Crippen molar-refractivity contribution >= 4 is 5.97 Å². The average molecular weight is 279 g/mol. The molecule has 1 aromatic carbocycles. The molecule has 1 rings (SSSR count). The van der Waals surface area contributed by atoms with Gasteiger partial charge in [-0.15, -0.1) is 0 Å². The third kappa shape index (κ3) is 9.56. The van der Waals surface area contributed by atoms with Crippen molar-refractivity contribution in [3.63, 3.8) is 0 Å². The van der Waals surface area contributed by atoms with Gasteiger partial charge in [0.2, 0.25) is 0 Å². The van der Waals surface area contributed by atoms with Crippen molar-refractivity contribution in [3.8, 4) is 0 Å². The molecule has 1 atom stereocenters. The van der Waals surface area contributed by atoms with E-state index in [0.717, 1.165) is 6.54 Å². The molecule has 114 valence electrons. The van der Waals surface area contributed by atoms with Crippen LogP contribution in [-0.4, -0.2) is 19.6 Å². The van der Waals surface area contributed by atoms with Gasteiger partial charge in [0.05, 0.1) is 7.11 Å². The van der Waals surface area contributed by atoms with Crippen LogP contribution in [0.5, 0.6) is 0 Å². The first-order chi connectivity index (χ1) is 9.30. The van der Waals surface area contributed by atoms with E-state index in [9.17, 15) is 4.79 Å². The fourth-order valence-electron chi connectivity index (χ4n) is 1.75. The third-order valence-corrected chi connectivity index (χ3v) is 3.09. The topological polar surface area (TPSA) is 52.3 Å². The van der Waals surface area contributed by atoms with E-state index in [1.165, 1.54) is 32.4 Å². The van der Waals surface area contributed by atoms with Gasteiger partial charge in [-0.1, -0.05) is 51.1 Å². The van der Waals surface area contributed by atoms with Gasteiger partial charge in [0.1, 0.15) is 0 Å². The number of rotatable bonds is 4. The lowest BCUT2D eigenvalue weighted by molar-refractivity contribution is -0.137. The van der Waals surface area contributed by atoms with Crippen molar-refractivity contribution in [1.29, 1.82) is 0 Å². The van der Waals surface area contributed by atoms with Gasteiger partial charge in [0, 0.05) is 6.92 Å². The molecular formula is C17H29NO2. The van der Waals surface area contributed by atoms with E-state index in [4.69, 9.17) is 5.73 Å². The average Bonchev–Trinajstić information content (AvgIpc) is 2.40. The Morgan fingerprint density at radius 3 is 2.10 bits per heavy atom. The first-order valence-corrected chi connectivity index (χ1v) is 7.09. The Kier molecular flexibility index (Phi) is 8.89. The summed E-state index contributed by atoms with van der Waals surface area (Å²) in [7, 11) is 1.35. The summed E-state index contributed by atoms with van der Waals surface area (Å²) in [5, 5.41) is 0. The minimum atomic E-state index is -0.245. The number of carbonyl (C=O) groups is 1. The lowest BCUT2D eigenvalue weighted by Gasteiger charge is -2.22. The third-order valence-electron chi connectivity index (χ3n) is 3.09. The van der Waals surface area contributed by atoms with Crippen molar-refractivity contribution < 1.29 is 9.53 Å². The number of esters is 1. The zero-order chi connectivity index (χ0) is 15.6. The summed E-state index contributed by atoms with van der Waals surface area (Å²) in [5.74, 6) is 0.274. The summed E-state index contributed by atoms with van der Waals surface area (Å²) in [4.78, 5) is 9.59. The molecule has 0 spiro atoms. The van der Waals surface area contributed by atoms with Crippen LogP contribution in [0.4, 0.5) is 0 Å². The number of carbonyl (C=O) groups excluding carboxylic acids is 1. The van der Waals surface area contributed by atoms with Crippen LogP contribution in [0.3, 0.4) is 0 Å². The molecule has 1 unspecified atom stereocenters. The van der Waals surface area contributed by atoms with Crippen LogP contribution >= 0.6 is 0 Å². The molecule has 2 N–H and O–H groups in total. The quantitative estimate of drug-likeness (QED) is 0.854. The van der Waals surface area contributed by atoms with Crippen LogP contribution in [0.15, 0.2) is 30.3 Å². The molecule has 3 nitrogen and oxygen atoms in total. The Morgan fingerprint density at radius 1 is 1.25 bits per heavy atom. The Labute approximate surface area is 123 Å². The van der Waals surface area contributed by atoms with Crippen molar-refractivity contribution in [1.82, 2.24) is 0 Å². The highest BCUT2D eigenvalue weighted by molar-refractivity contribution is 5.65. The number of nitrogens with two attached hydrogens (primary N) is 1. The first kappa shape index (κ1) is 18.7. The normalized spacial score (nSPS) is 12.1. The molecule has 0 aliphatic rings. The second-order valence-electron chi connectivity index (χ2n) is 6.14. The highest BCUT2D eigenvalue weighted by Gasteiger charge is 2.15. The second-order valence-corrected chi connectivity index (χ2v) is 6.14. The molecule has 0 aromatic heterocycles. The zero-order valence-electron chi connectivity index (χ0n) is 13.5. The molecule has 0 amide bonds. The van der Waals surface area contributed by atoms with Gasteiger partial charge in [-0.3, -0.25) is 4.79 Å².